The topological polar surface area (TPSA) is 0 Å². The summed E-state index contributed by atoms with van der Waals surface area (Å²) >= 11 is 0. The number of hydrogen-bond donors (Lipinski definition) is 0. The van der Waals surface area contributed by atoms with E-state index < -0.39 is 0 Å². The van der Waals surface area contributed by atoms with Gasteiger partial charge in [-0.2, -0.15) is 0 Å². The molecule has 0 spiro atoms. The summed E-state index contributed by atoms with van der Waals surface area (Å²) in [7, 11) is 0. The van der Waals surface area contributed by atoms with Crippen LogP contribution in [-0.4, -0.2) is 0 Å². The molecule has 5 unspecified atom stereocenters. The van der Waals surface area contributed by atoms with Gasteiger partial charge in [0, 0.05) is 11.8 Å². The Morgan fingerprint density at radius 1 is 1.27 bits per heavy atom. The Balaban J connectivity index is 1.76. The van der Waals surface area contributed by atoms with Gasteiger partial charge >= 0.3 is 0 Å². The predicted molar refractivity (Wildman–Crippen MR) is 132 cm³/mol. The molecule has 164 valence electrons. The molecular formula is C30H44. The highest BCUT2D eigenvalue weighted by Gasteiger charge is 2.45. The standard InChI is InChI=1S/C30H44/c1-21-19-23(3)24(4)26(20-21)14-13-25-12-10-18-30(8)27(15-16-28(25)30)22(2)11-9-17-29(5,6)7/h13-15,21-23,28H,4,10-12,16,18-20H2,1-3,5-8H3/b25-13+,26-14-. The molecule has 0 aromatic rings. The van der Waals surface area contributed by atoms with E-state index in [0.717, 1.165) is 12.3 Å². The molecule has 5 atom stereocenters. The van der Waals surface area contributed by atoms with Gasteiger partial charge < -0.3 is 0 Å². The van der Waals surface area contributed by atoms with Crippen molar-refractivity contribution in [1.29, 1.82) is 0 Å². The molecule has 3 aliphatic rings. The van der Waals surface area contributed by atoms with E-state index in [-0.39, 0.29) is 5.41 Å². The fraction of sp³-hybridized carbons (Fsp3) is 0.667. The van der Waals surface area contributed by atoms with Crippen LogP contribution in [0.3, 0.4) is 0 Å². The predicted octanol–water partition coefficient (Wildman–Crippen LogP) is 8.67. The van der Waals surface area contributed by atoms with Crippen molar-refractivity contribution in [1.82, 2.24) is 0 Å². The van der Waals surface area contributed by atoms with Gasteiger partial charge in [-0.3, -0.25) is 0 Å². The first-order valence-electron chi connectivity index (χ1n) is 12.3. The molecule has 0 N–H and O–H groups in total. The average Bonchev–Trinajstić information content (AvgIpc) is 3.00. The van der Waals surface area contributed by atoms with Crippen LogP contribution < -0.4 is 0 Å². The maximum Gasteiger partial charge on any atom is 0.0230 e. The van der Waals surface area contributed by atoms with E-state index in [0.29, 0.717) is 23.2 Å². The summed E-state index contributed by atoms with van der Waals surface area (Å²) in [4.78, 5) is 0. The first-order chi connectivity index (χ1) is 14.0. The van der Waals surface area contributed by atoms with E-state index >= 15 is 0 Å². The summed E-state index contributed by atoms with van der Waals surface area (Å²) in [6.07, 6.45) is 16.1. The van der Waals surface area contributed by atoms with Crippen LogP contribution in [0.15, 0.2) is 47.1 Å². The zero-order valence-electron chi connectivity index (χ0n) is 20.7. The van der Waals surface area contributed by atoms with Crippen molar-refractivity contribution in [3.8, 4) is 11.8 Å². The van der Waals surface area contributed by atoms with Gasteiger partial charge in [0.2, 0.25) is 0 Å². The Labute approximate surface area is 187 Å². The molecule has 0 aromatic heterocycles. The molecule has 0 amide bonds. The van der Waals surface area contributed by atoms with E-state index in [4.69, 9.17) is 0 Å². The van der Waals surface area contributed by atoms with E-state index in [1.54, 1.807) is 11.1 Å². The van der Waals surface area contributed by atoms with Crippen LogP contribution in [0, 0.1) is 46.3 Å². The first kappa shape index (κ1) is 23.2. The van der Waals surface area contributed by atoms with Gasteiger partial charge in [-0.15, -0.1) is 5.92 Å². The second-order valence-corrected chi connectivity index (χ2v) is 11.8. The molecule has 0 saturated heterocycles. The molecule has 3 rings (SSSR count). The molecule has 0 heterocycles. The molecule has 0 heteroatoms. The Morgan fingerprint density at radius 3 is 2.70 bits per heavy atom. The fourth-order valence-electron chi connectivity index (χ4n) is 6.23. The number of hydrogen-bond acceptors (Lipinski definition) is 0. The number of rotatable bonds is 3. The molecule has 2 fully saturated rings. The highest BCUT2D eigenvalue weighted by atomic mass is 14.5. The van der Waals surface area contributed by atoms with Crippen molar-refractivity contribution in [2.45, 2.75) is 93.4 Å². The summed E-state index contributed by atoms with van der Waals surface area (Å²) in [6.45, 7) is 20.7. The van der Waals surface area contributed by atoms with Gasteiger partial charge in [0.05, 0.1) is 0 Å². The minimum atomic E-state index is 0.0998. The zero-order valence-corrected chi connectivity index (χ0v) is 20.7. The van der Waals surface area contributed by atoms with Crippen molar-refractivity contribution in [2.75, 3.05) is 0 Å². The lowest BCUT2D eigenvalue weighted by Crippen LogP contribution is -2.32. The third-order valence-corrected chi connectivity index (χ3v) is 7.84. The molecular weight excluding hydrogens is 360 g/mol. The highest BCUT2D eigenvalue weighted by Crippen LogP contribution is 2.56. The summed E-state index contributed by atoms with van der Waals surface area (Å²) < 4.78 is 0. The number of fused-ring (bicyclic) bond motifs is 1. The molecule has 2 saturated carbocycles. The Morgan fingerprint density at radius 2 is 2.00 bits per heavy atom. The lowest BCUT2D eigenvalue weighted by Gasteiger charge is -2.42. The normalized spacial score (nSPS) is 35.6. The average molecular weight is 405 g/mol. The van der Waals surface area contributed by atoms with Gasteiger partial charge in [0.25, 0.3) is 0 Å². The van der Waals surface area contributed by atoms with E-state index in [1.807, 2.05) is 0 Å². The van der Waals surface area contributed by atoms with Crippen LogP contribution in [0.4, 0.5) is 0 Å². The smallest absolute Gasteiger partial charge is 0.0230 e. The Bertz CT molecular complexity index is 812. The largest absolute Gasteiger partial charge is 0.102 e. The van der Waals surface area contributed by atoms with Crippen LogP contribution in [0.25, 0.3) is 0 Å². The zero-order chi connectivity index (χ0) is 22.1. The third-order valence-electron chi connectivity index (χ3n) is 7.84. The summed E-state index contributed by atoms with van der Waals surface area (Å²) in [6, 6.07) is 0. The highest BCUT2D eigenvalue weighted by molar-refractivity contribution is 5.39. The monoisotopic (exact) mass is 404 g/mol. The second kappa shape index (κ2) is 8.94. The van der Waals surface area contributed by atoms with Crippen LogP contribution in [0.5, 0.6) is 0 Å². The maximum atomic E-state index is 4.42. The number of allylic oxidation sites excluding steroid dienone is 7. The molecule has 30 heavy (non-hydrogen) atoms. The van der Waals surface area contributed by atoms with Gasteiger partial charge in [0.15, 0.2) is 0 Å². The van der Waals surface area contributed by atoms with Crippen LogP contribution in [0.1, 0.15) is 93.4 Å². The lowest BCUT2D eigenvalue weighted by molar-refractivity contribution is 0.218. The molecule has 0 nitrogen and oxygen atoms in total. The lowest BCUT2D eigenvalue weighted by atomic mass is 9.62. The van der Waals surface area contributed by atoms with Crippen LogP contribution in [-0.2, 0) is 0 Å². The van der Waals surface area contributed by atoms with Gasteiger partial charge in [-0.25, -0.2) is 0 Å². The van der Waals surface area contributed by atoms with Crippen molar-refractivity contribution in [3.63, 3.8) is 0 Å². The van der Waals surface area contributed by atoms with Crippen LogP contribution >= 0.6 is 0 Å². The van der Waals surface area contributed by atoms with Crippen LogP contribution in [0.2, 0.25) is 0 Å². The van der Waals surface area contributed by atoms with Crippen molar-refractivity contribution >= 4 is 0 Å². The minimum Gasteiger partial charge on any atom is -0.102 e. The van der Waals surface area contributed by atoms with Gasteiger partial charge in [0.1, 0.15) is 0 Å². The molecule has 0 aromatic carbocycles. The first-order valence-corrected chi connectivity index (χ1v) is 12.3. The molecule has 0 aliphatic heterocycles. The summed E-state index contributed by atoms with van der Waals surface area (Å²) in [5, 5.41) is 0. The summed E-state index contributed by atoms with van der Waals surface area (Å²) in [5.41, 5.74) is 6.66. The van der Waals surface area contributed by atoms with E-state index in [1.165, 1.54) is 49.7 Å². The minimum absolute atomic E-state index is 0.0998. The molecule has 0 radical (unpaired) electrons. The van der Waals surface area contributed by atoms with E-state index in [2.05, 4.69) is 85.1 Å². The van der Waals surface area contributed by atoms with Crippen molar-refractivity contribution < 1.29 is 0 Å². The van der Waals surface area contributed by atoms with Gasteiger partial charge in [-0.05, 0) is 99.5 Å². The third kappa shape index (κ3) is 5.04. The quantitative estimate of drug-likeness (QED) is 0.326. The van der Waals surface area contributed by atoms with E-state index in [9.17, 15) is 0 Å². The molecule has 3 aliphatic carbocycles. The fourth-order valence-corrected chi connectivity index (χ4v) is 6.23. The molecule has 0 bridgehead atoms. The maximum absolute atomic E-state index is 4.42. The Hall–Kier alpha value is -1.48. The SMILES string of the molecule is C=C1/C(=C\C=C2/CCCC3(C)C(C(C)CC#CC(C)(C)C)=CCC23)CC(C)CC1C. The van der Waals surface area contributed by atoms with Crippen molar-refractivity contribution in [3.05, 3.63) is 47.1 Å². The second-order valence-electron chi connectivity index (χ2n) is 11.8. The summed E-state index contributed by atoms with van der Waals surface area (Å²) in [5.74, 6) is 9.57. The Kier molecular flexibility index (Phi) is 6.91. The van der Waals surface area contributed by atoms with Crippen molar-refractivity contribution in [2.24, 2.45) is 34.5 Å². The van der Waals surface area contributed by atoms with Gasteiger partial charge in [-0.1, -0.05) is 69.6 Å².